The smallest absolute Gasteiger partial charge is 0.264 e. The third-order valence-corrected chi connectivity index (χ3v) is 8.14. The minimum Gasteiger partial charge on any atom is -0.484 e. The number of anilines is 2. The molecule has 4 aromatic carbocycles. The van der Waals surface area contributed by atoms with Crippen molar-refractivity contribution >= 4 is 51.0 Å². The Morgan fingerprint density at radius 1 is 0.857 bits per heavy atom. The Bertz CT molecular complexity index is 1670. The van der Waals surface area contributed by atoms with E-state index < -0.39 is 22.5 Å². The summed E-state index contributed by atoms with van der Waals surface area (Å²) < 4.78 is 33.5. The topological polar surface area (TPSA) is 117 Å². The van der Waals surface area contributed by atoms with E-state index >= 15 is 0 Å². The number of hydrogen-bond acceptors (Lipinski definition) is 6. The average molecular weight is 605 g/mol. The van der Waals surface area contributed by atoms with Crippen LogP contribution in [0.2, 0.25) is 5.02 Å². The summed E-state index contributed by atoms with van der Waals surface area (Å²) in [6.45, 7) is 3.07. The summed E-state index contributed by atoms with van der Waals surface area (Å²) >= 11 is 6.05. The molecule has 2 N–H and O–H groups in total. The summed E-state index contributed by atoms with van der Waals surface area (Å²) in [5.74, 6) is -0.520. The lowest BCUT2D eigenvalue weighted by molar-refractivity contribution is -0.119. The number of nitrogens with zero attached hydrogens (tertiary/aromatic N) is 2. The van der Waals surface area contributed by atoms with Gasteiger partial charge in [-0.05, 0) is 80.1 Å². The molecule has 11 heteroatoms. The standard InChI is InChI=1S/C31H29ClN4O5S/c1-22-7-13-25(14-8-22)36(42(39,40)27-17-9-23(2)10-18-27)20-30(37)35-33-19-24-11-15-26(16-12-24)41-21-31(38)34-29-6-4-3-5-28(29)32/h3-19H,20-21H2,1-2H3,(H,34,38)(H,35,37)/b33-19-. The maximum absolute atomic E-state index is 13.5. The van der Waals surface area contributed by atoms with Crippen LogP contribution in [-0.4, -0.2) is 39.6 Å². The van der Waals surface area contributed by atoms with Gasteiger partial charge in [-0.1, -0.05) is 59.1 Å². The molecular weight excluding hydrogens is 576 g/mol. The Kier molecular flexibility index (Phi) is 9.95. The lowest BCUT2D eigenvalue weighted by Gasteiger charge is -2.24. The fraction of sp³-hybridized carbons (Fsp3) is 0.129. The summed E-state index contributed by atoms with van der Waals surface area (Å²) in [5.41, 5.74) is 5.76. The molecule has 4 rings (SSSR count). The lowest BCUT2D eigenvalue weighted by Crippen LogP contribution is -2.39. The van der Waals surface area contributed by atoms with Gasteiger partial charge in [0, 0.05) is 0 Å². The molecule has 2 amide bonds. The highest BCUT2D eigenvalue weighted by molar-refractivity contribution is 7.92. The second-order valence-corrected chi connectivity index (χ2v) is 11.6. The fourth-order valence-electron chi connectivity index (χ4n) is 3.76. The molecule has 0 aliphatic heterocycles. The minimum absolute atomic E-state index is 0.0774. The molecule has 42 heavy (non-hydrogen) atoms. The van der Waals surface area contributed by atoms with E-state index in [0.717, 1.165) is 15.4 Å². The van der Waals surface area contributed by atoms with Gasteiger partial charge in [0.2, 0.25) is 0 Å². The first-order valence-electron chi connectivity index (χ1n) is 12.9. The summed E-state index contributed by atoms with van der Waals surface area (Å²) in [6.07, 6.45) is 1.41. The zero-order chi connectivity index (χ0) is 30.1. The number of rotatable bonds is 11. The molecule has 4 aromatic rings. The molecule has 0 saturated heterocycles. The molecule has 0 spiro atoms. The molecule has 0 aromatic heterocycles. The molecule has 0 heterocycles. The Morgan fingerprint density at radius 3 is 2.12 bits per heavy atom. The molecule has 9 nitrogen and oxygen atoms in total. The number of sulfonamides is 1. The molecule has 0 fully saturated rings. The molecule has 0 radical (unpaired) electrons. The van der Waals surface area contributed by atoms with Gasteiger partial charge in [-0.2, -0.15) is 5.10 Å². The fourth-order valence-corrected chi connectivity index (χ4v) is 5.36. The van der Waals surface area contributed by atoms with Crippen LogP contribution in [0.4, 0.5) is 11.4 Å². The van der Waals surface area contributed by atoms with Crippen LogP contribution in [0.5, 0.6) is 5.75 Å². The van der Waals surface area contributed by atoms with Gasteiger partial charge in [0.05, 0.1) is 27.5 Å². The van der Waals surface area contributed by atoms with Crippen molar-refractivity contribution in [1.29, 1.82) is 0 Å². The van der Waals surface area contributed by atoms with E-state index in [1.54, 1.807) is 84.9 Å². The zero-order valence-electron chi connectivity index (χ0n) is 23.0. The summed E-state index contributed by atoms with van der Waals surface area (Å²) in [7, 11) is -4.02. The highest BCUT2D eigenvalue weighted by atomic mass is 35.5. The zero-order valence-corrected chi connectivity index (χ0v) is 24.5. The van der Waals surface area contributed by atoms with Crippen LogP contribution in [0.1, 0.15) is 16.7 Å². The van der Waals surface area contributed by atoms with Gasteiger partial charge in [0.25, 0.3) is 21.8 Å². The Balaban J connectivity index is 1.35. The van der Waals surface area contributed by atoms with Gasteiger partial charge in [-0.15, -0.1) is 0 Å². The van der Waals surface area contributed by atoms with Crippen molar-refractivity contribution in [3.05, 3.63) is 119 Å². The van der Waals surface area contributed by atoms with Crippen LogP contribution in [-0.2, 0) is 19.6 Å². The quantitative estimate of drug-likeness (QED) is 0.177. The minimum atomic E-state index is -4.02. The third-order valence-electron chi connectivity index (χ3n) is 6.02. The maximum atomic E-state index is 13.5. The molecule has 0 aliphatic rings. The number of nitrogens with one attached hydrogen (secondary N) is 2. The number of para-hydroxylation sites is 1. The van der Waals surface area contributed by atoms with Gasteiger partial charge >= 0.3 is 0 Å². The SMILES string of the molecule is Cc1ccc(N(CC(=O)N/N=C\c2ccc(OCC(=O)Nc3ccccc3Cl)cc2)S(=O)(=O)c2ccc(C)cc2)cc1. The van der Waals surface area contributed by atoms with Crippen LogP contribution in [0.15, 0.2) is 107 Å². The van der Waals surface area contributed by atoms with E-state index in [1.165, 1.54) is 18.3 Å². The summed E-state index contributed by atoms with van der Waals surface area (Å²) in [5, 5.41) is 7.07. The van der Waals surface area contributed by atoms with Crippen molar-refractivity contribution in [3.8, 4) is 5.75 Å². The van der Waals surface area contributed by atoms with Gasteiger partial charge in [0.1, 0.15) is 12.3 Å². The molecule has 216 valence electrons. The third kappa shape index (κ3) is 8.18. The number of carbonyl (C=O) groups is 2. The first kappa shape index (κ1) is 30.3. The van der Waals surface area contributed by atoms with Gasteiger partial charge < -0.3 is 10.1 Å². The monoisotopic (exact) mass is 604 g/mol. The highest BCUT2D eigenvalue weighted by Gasteiger charge is 2.27. The molecule has 0 atom stereocenters. The molecule has 0 unspecified atom stereocenters. The normalized spacial score (nSPS) is 11.2. The largest absolute Gasteiger partial charge is 0.484 e. The van der Waals surface area contributed by atoms with Gasteiger partial charge in [0.15, 0.2) is 6.61 Å². The summed E-state index contributed by atoms with van der Waals surface area (Å²) in [4.78, 5) is 25.0. The number of halogens is 1. The number of carbonyl (C=O) groups excluding carboxylic acids is 2. The second kappa shape index (κ2) is 13.8. The van der Waals surface area contributed by atoms with Crippen molar-refractivity contribution in [2.24, 2.45) is 5.10 Å². The van der Waals surface area contributed by atoms with E-state index in [9.17, 15) is 18.0 Å². The summed E-state index contributed by atoms with van der Waals surface area (Å²) in [6, 6.07) is 26.9. The number of hydrazone groups is 1. The Labute approximate surface area is 249 Å². The first-order valence-corrected chi connectivity index (χ1v) is 14.7. The second-order valence-electron chi connectivity index (χ2n) is 9.34. The predicted octanol–water partition coefficient (Wildman–Crippen LogP) is 5.32. The molecule has 0 aliphatic carbocycles. The number of aryl methyl sites for hydroxylation is 2. The van der Waals surface area contributed by atoms with Crippen molar-refractivity contribution in [2.45, 2.75) is 18.7 Å². The lowest BCUT2D eigenvalue weighted by atomic mass is 10.2. The Hall–Kier alpha value is -4.67. The van der Waals surface area contributed by atoms with E-state index in [4.69, 9.17) is 16.3 Å². The molecule has 0 bridgehead atoms. The van der Waals surface area contributed by atoms with Gasteiger partial charge in [-0.3, -0.25) is 13.9 Å². The van der Waals surface area contributed by atoms with Gasteiger partial charge in [-0.25, -0.2) is 13.8 Å². The van der Waals surface area contributed by atoms with Crippen LogP contribution in [0.25, 0.3) is 0 Å². The van der Waals surface area contributed by atoms with Crippen LogP contribution in [0, 0.1) is 13.8 Å². The number of benzene rings is 4. The van der Waals surface area contributed by atoms with E-state index in [2.05, 4.69) is 15.8 Å². The van der Waals surface area contributed by atoms with Crippen molar-refractivity contribution in [1.82, 2.24) is 5.43 Å². The van der Waals surface area contributed by atoms with Crippen LogP contribution >= 0.6 is 11.6 Å². The molecule has 0 saturated carbocycles. The molecular formula is C31H29ClN4O5S. The van der Waals surface area contributed by atoms with Crippen molar-refractivity contribution in [2.75, 3.05) is 22.8 Å². The predicted molar refractivity (Wildman–Crippen MR) is 165 cm³/mol. The number of ether oxygens (including phenoxy) is 1. The van der Waals surface area contributed by atoms with Crippen LogP contribution < -0.4 is 19.8 Å². The van der Waals surface area contributed by atoms with E-state index in [0.29, 0.717) is 27.7 Å². The average Bonchev–Trinajstić information content (AvgIpc) is 2.97. The Morgan fingerprint density at radius 2 is 1.48 bits per heavy atom. The van der Waals surface area contributed by atoms with Crippen LogP contribution in [0.3, 0.4) is 0 Å². The highest BCUT2D eigenvalue weighted by Crippen LogP contribution is 2.24. The van der Waals surface area contributed by atoms with E-state index in [-0.39, 0.29) is 17.4 Å². The van der Waals surface area contributed by atoms with Crippen molar-refractivity contribution < 1.29 is 22.7 Å². The number of hydrogen-bond donors (Lipinski definition) is 2. The number of amides is 2. The first-order chi connectivity index (χ1) is 20.1. The maximum Gasteiger partial charge on any atom is 0.264 e. The van der Waals surface area contributed by atoms with E-state index in [1.807, 2.05) is 13.8 Å². The van der Waals surface area contributed by atoms with Crippen molar-refractivity contribution in [3.63, 3.8) is 0 Å².